The lowest BCUT2D eigenvalue weighted by atomic mass is 10.0. The number of rotatable bonds is 29. The maximum Gasteiger partial charge on any atom is 0.328 e. The number of hydrogen-bond donors (Lipinski definition) is 14. The maximum atomic E-state index is 14.4. The molecule has 0 aliphatic carbocycles. The Kier molecular flexibility index (Phi) is 23.8. The first-order valence-electron chi connectivity index (χ1n) is 22.3. The molecular weight excluding hydrogens is 927 g/mol. The Morgan fingerprint density at radius 2 is 1.19 bits per heavy atom. The Bertz CT molecular complexity index is 2070. The van der Waals surface area contributed by atoms with E-state index in [1.165, 1.54) is 0 Å². The lowest BCUT2D eigenvalue weighted by Crippen LogP contribution is -2.61. The van der Waals surface area contributed by atoms with Crippen LogP contribution in [0.25, 0.3) is 0 Å². The third-order valence-corrected chi connectivity index (χ3v) is 10.9. The number of carboxylic acids is 2. The molecular formula is C43H65N11O16. The minimum absolute atomic E-state index is 0.0342. The number of nitrogens with one attached hydrogen (secondary N) is 7. The predicted octanol–water partition coefficient (Wildman–Crippen LogP) is -5.92. The molecule has 1 fully saturated rings. The number of carboxylic acid groups (broad SMARTS) is 2. The number of nitrogens with zero attached hydrogens (tertiary/aromatic N) is 1. The van der Waals surface area contributed by atoms with Crippen molar-refractivity contribution in [3.05, 3.63) is 35.9 Å². The van der Waals surface area contributed by atoms with Crippen LogP contribution in [0.1, 0.15) is 78.2 Å². The zero-order valence-electron chi connectivity index (χ0n) is 39.2. The van der Waals surface area contributed by atoms with Gasteiger partial charge in [0.15, 0.2) is 6.04 Å². The number of carbonyl (C=O) groups is 12. The van der Waals surface area contributed by atoms with Gasteiger partial charge in [0.05, 0.1) is 31.2 Å². The molecule has 388 valence electrons. The highest BCUT2D eigenvalue weighted by atomic mass is 16.4. The summed E-state index contributed by atoms with van der Waals surface area (Å²) >= 11 is 0. The fraction of sp³-hybridized carbons (Fsp3) is 0.581. The molecule has 27 nitrogen and oxygen atoms in total. The lowest BCUT2D eigenvalue weighted by Gasteiger charge is -2.31. The molecule has 0 bridgehead atoms. The molecule has 10 atom stereocenters. The normalized spacial score (nSPS) is 17.1. The average molecular weight is 992 g/mol. The molecule has 0 aromatic heterocycles. The number of hydrogen-bond acceptors (Lipinski definition) is 15. The zero-order valence-corrected chi connectivity index (χ0v) is 39.2. The van der Waals surface area contributed by atoms with Crippen LogP contribution in [-0.2, 0) is 64.0 Å². The number of nitrogens with two attached hydrogens (primary N) is 3. The number of aliphatic hydroxyl groups is 2. The first-order valence-corrected chi connectivity index (χ1v) is 22.3. The van der Waals surface area contributed by atoms with Crippen molar-refractivity contribution in [1.29, 1.82) is 0 Å². The van der Waals surface area contributed by atoms with E-state index < -0.39 is 157 Å². The molecule has 0 spiro atoms. The summed E-state index contributed by atoms with van der Waals surface area (Å²) in [6.07, 6.45) is -5.73. The number of carbonyl (C=O) groups excluding carboxylic acids is 10. The molecule has 1 aliphatic rings. The van der Waals surface area contributed by atoms with Crippen molar-refractivity contribution < 1.29 is 78.0 Å². The Labute approximate surface area is 402 Å². The fourth-order valence-corrected chi connectivity index (χ4v) is 6.98. The van der Waals surface area contributed by atoms with Gasteiger partial charge in [-0.1, -0.05) is 44.2 Å². The summed E-state index contributed by atoms with van der Waals surface area (Å²) in [6, 6.07) is -4.28. The van der Waals surface area contributed by atoms with E-state index >= 15 is 0 Å². The van der Waals surface area contributed by atoms with Gasteiger partial charge in [-0.05, 0) is 51.0 Å². The van der Waals surface area contributed by atoms with Crippen LogP contribution in [0, 0.1) is 5.92 Å². The summed E-state index contributed by atoms with van der Waals surface area (Å²) in [4.78, 5) is 155. The first-order chi connectivity index (χ1) is 32.7. The second-order valence-corrected chi connectivity index (χ2v) is 17.1. The largest absolute Gasteiger partial charge is 0.481 e. The third-order valence-electron chi connectivity index (χ3n) is 10.9. The molecule has 10 amide bonds. The molecule has 1 heterocycles. The Hall–Kier alpha value is -7.26. The Balaban J connectivity index is 2.33. The molecule has 0 saturated carbocycles. The van der Waals surface area contributed by atoms with Crippen molar-refractivity contribution in [2.75, 3.05) is 13.1 Å². The van der Waals surface area contributed by atoms with Crippen LogP contribution in [0.15, 0.2) is 30.3 Å². The smallest absolute Gasteiger partial charge is 0.328 e. The molecule has 1 aromatic rings. The van der Waals surface area contributed by atoms with Gasteiger partial charge in [0.2, 0.25) is 59.1 Å². The quantitative estimate of drug-likeness (QED) is 0.0355. The monoisotopic (exact) mass is 991 g/mol. The van der Waals surface area contributed by atoms with Gasteiger partial charge < -0.3 is 79.7 Å². The number of aliphatic carboxylic acids is 2. The Morgan fingerprint density at radius 1 is 0.657 bits per heavy atom. The third kappa shape index (κ3) is 19.4. The van der Waals surface area contributed by atoms with Crippen molar-refractivity contribution in [2.24, 2.45) is 23.1 Å². The van der Waals surface area contributed by atoms with Crippen molar-refractivity contribution in [1.82, 2.24) is 42.1 Å². The van der Waals surface area contributed by atoms with Gasteiger partial charge in [0.25, 0.3) is 0 Å². The maximum absolute atomic E-state index is 14.4. The van der Waals surface area contributed by atoms with Crippen LogP contribution in [0.4, 0.5) is 0 Å². The van der Waals surface area contributed by atoms with E-state index in [0.29, 0.717) is 5.56 Å². The van der Waals surface area contributed by atoms with Crippen molar-refractivity contribution in [2.45, 2.75) is 140 Å². The minimum atomic E-state index is -1.96. The van der Waals surface area contributed by atoms with Crippen LogP contribution in [0.3, 0.4) is 0 Å². The van der Waals surface area contributed by atoms with Gasteiger partial charge in [-0.25, -0.2) is 4.79 Å². The molecule has 1 aromatic carbocycles. The van der Waals surface area contributed by atoms with Crippen molar-refractivity contribution in [3.8, 4) is 0 Å². The number of amides is 10. The first kappa shape index (κ1) is 58.9. The van der Waals surface area contributed by atoms with Gasteiger partial charge >= 0.3 is 11.9 Å². The molecule has 1 saturated heterocycles. The second-order valence-electron chi connectivity index (χ2n) is 17.1. The number of primary amides is 2. The summed E-state index contributed by atoms with van der Waals surface area (Å²) in [5.41, 5.74) is 16.8. The highest BCUT2D eigenvalue weighted by Crippen LogP contribution is 2.21. The van der Waals surface area contributed by atoms with E-state index in [9.17, 15) is 78.0 Å². The average Bonchev–Trinajstić information content (AvgIpc) is 3.78. The number of benzene rings is 1. The van der Waals surface area contributed by atoms with Crippen molar-refractivity contribution in [3.63, 3.8) is 0 Å². The highest BCUT2D eigenvalue weighted by molar-refractivity contribution is 5.99. The van der Waals surface area contributed by atoms with Gasteiger partial charge in [0, 0.05) is 25.8 Å². The van der Waals surface area contributed by atoms with E-state index in [1.807, 2.05) is 0 Å². The van der Waals surface area contributed by atoms with E-state index in [1.54, 1.807) is 44.2 Å². The summed E-state index contributed by atoms with van der Waals surface area (Å²) < 4.78 is 0. The summed E-state index contributed by atoms with van der Waals surface area (Å²) in [5.74, 6) is -13.3. The summed E-state index contributed by atoms with van der Waals surface area (Å²) in [5, 5.41) is 55.5. The van der Waals surface area contributed by atoms with Gasteiger partial charge in [0.1, 0.15) is 36.3 Å². The molecule has 17 N–H and O–H groups in total. The van der Waals surface area contributed by atoms with Gasteiger partial charge in [-0.3, -0.25) is 52.7 Å². The van der Waals surface area contributed by atoms with Gasteiger partial charge in [-0.2, -0.15) is 0 Å². The van der Waals surface area contributed by atoms with E-state index in [0.717, 1.165) is 18.7 Å². The Morgan fingerprint density at radius 3 is 1.70 bits per heavy atom. The van der Waals surface area contributed by atoms with Crippen LogP contribution < -0.4 is 54.4 Å². The minimum Gasteiger partial charge on any atom is -0.481 e. The standard InChI is InChI=1S/C43H65N11O16/c1-20(2)33(46)40(66)49-24(12-14-29(44)57)36(62)47-19-31(59)52-34(21(3)55)41(67)50-26(18-32(60)61)38(64)51-27(17-23-9-6-5-7-10-23)42(68)54-16-8-11-28(54)39(65)48-25(13-15-30(45)58)37(63)53-35(22(4)56)43(69)70/h5-7,9-10,20-22,24-28,33-35,55-56H,8,11-19,46H2,1-4H3,(H2,44,57)(H2,45,58)(H,47,62)(H,48,65)(H,49,66)(H,50,67)(H,51,64)(H,52,59)(H,53,63)(H,60,61)(H,69,70)/t21-,22-,24+,25+,26+,27+,28+,33+,34+,35+/m1/s1. The second kappa shape index (κ2) is 28.3. The topological polar surface area (TPSA) is 451 Å². The molecule has 1 aliphatic heterocycles. The lowest BCUT2D eigenvalue weighted by molar-refractivity contribution is -0.146. The molecule has 0 radical (unpaired) electrons. The fourth-order valence-electron chi connectivity index (χ4n) is 6.98. The van der Waals surface area contributed by atoms with E-state index in [-0.39, 0.29) is 44.6 Å². The molecule has 0 unspecified atom stereocenters. The highest BCUT2D eigenvalue weighted by Gasteiger charge is 2.41. The van der Waals surface area contributed by atoms with Crippen molar-refractivity contribution >= 4 is 71.0 Å². The van der Waals surface area contributed by atoms with Crippen LogP contribution in [0.5, 0.6) is 0 Å². The summed E-state index contributed by atoms with van der Waals surface area (Å²) in [7, 11) is 0. The van der Waals surface area contributed by atoms with Crippen LogP contribution >= 0.6 is 0 Å². The summed E-state index contributed by atoms with van der Waals surface area (Å²) in [6.45, 7) is 4.59. The van der Waals surface area contributed by atoms with Crippen LogP contribution in [0.2, 0.25) is 0 Å². The zero-order chi connectivity index (χ0) is 53.0. The van der Waals surface area contributed by atoms with E-state index in [4.69, 9.17) is 17.2 Å². The molecule has 70 heavy (non-hydrogen) atoms. The molecule has 2 rings (SSSR count). The van der Waals surface area contributed by atoms with Crippen LogP contribution in [-0.4, -0.2) is 170 Å². The molecule has 27 heteroatoms. The predicted molar refractivity (Wildman–Crippen MR) is 242 cm³/mol. The van der Waals surface area contributed by atoms with E-state index in [2.05, 4.69) is 37.2 Å². The SMILES string of the molecule is CC(C)[C@H](N)C(=O)N[C@@H](CCC(N)=O)C(=O)NCC(=O)N[C@H](C(=O)N[C@@H](CC(=O)O)C(=O)N[C@@H](Cc1ccccc1)C(=O)N1CCC[C@H]1C(=O)N[C@@H](CCC(N)=O)C(=O)N[C@H](C(=O)O)[C@@H](C)O)[C@@H](C)O. The number of likely N-dealkylation sites (tertiary alicyclic amines) is 1. The van der Waals surface area contributed by atoms with Gasteiger partial charge in [-0.15, -0.1) is 0 Å². The number of aliphatic hydroxyl groups excluding tert-OH is 2.